The van der Waals surface area contributed by atoms with E-state index in [1.54, 1.807) is 6.07 Å². The van der Waals surface area contributed by atoms with Gasteiger partial charge >= 0.3 is 0 Å². The molecule has 0 bridgehead atoms. The molecule has 2 aliphatic heterocycles. The first-order chi connectivity index (χ1) is 10.3. The molecule has 1 atom stereocenters. The van der Waals surface area contributed by atoms with E-state index in [0.717, 1.165) is 52.2 Å². The number of carbonyl (C=O) groups is 1. The Morgan fingerprint density at radius 3 is 2.86 bits per heavy atom. The molecule has 1 aromatic rings. The van der Waals surface area contributed by atoms with Crippen LogP contribution in [0.15, 0.2) is 16.7 Å². The van der Waals surface area contributed by atoms with E-state index in [1.165, 1.54) is 6.26 Å². The summed E-state index contributed by atoms with van der Waals surface area (Å²) in [5.41, 5.74) is 6.15. The van der Waals surface area contributed by atoms with Gasteiger partial charge in [0, 0.05) is 32.2 Å². The fourth-order valence-electron chi connectivity index (χ4n) is 3.14. The van der Waals surface area contributed by atoms with E-state index in [9.17, 15) is 4.79 Å². The van der Waals surface area contributed by atoms with Crippen molar-refractivity contribution in [3.8, 4) is 0 Å². The van der Waals surface area contributed by atoms with Gasteiger partial charge in [-0.05, 0) is 18.9 Å². The van der Waals surface area contributed by atoms with Crippen molar-refractivity contribution < 1.29 is 13.9 Å². The maximum absolute atomic E-state index is 12.6. The normalized spacial score (nSPS) is 23.7. The fraction of sp³-hybridized carbons (Fsp3) is 0.667. The maximum atomic E-state index is 12.6. The zero-order valence-corrected chi connectivity index (χ0v) is 12.3. The highest BCUT2D eigenvalue weighted by Crippen LogP contribution is 2.22. The van der Waals surface area contributed by atoms with E-state index in [4.69, 9.17) is 14.9 Å². The van der Waals surface area contributed by atoms with E-state index < -0.39 is 0 Å². The molecule has 2 aliphatic rings. The molecular weight excluding hydrogens is 270 g/mol. The summed E-state index contributed by atoms with van der Waals surface area (Å²) in [7, 11) is 0. The van der Waals surface area contributed by atoms with Crippen LogP contribution in [0.5, 0.6) is 0 Å². The van der Waals surface area contributed by atoms with Crippen LogP contribution in [0.2, 0.25) is 0 Å². The zero-order valence-electron chi connectivity index (χ0n) is 12.3. The van der Waals surface area contributed by atoms with Crippen LogP contribution in [0.3, 0.4) is 0 Å². The molecule has 0 radical (unpaired) electrons. The summed E-state index contributed by atoms with van der Waals surface area (Å²) in [6.07, 6.45) is 3.67. The molecule has 1 amide bonds. The predicted molar refractivity (Wildman–Crippen MR) is 77.9 cm³/mol. The summed E-state index contributed by atoms with van der Waals surface area (Å²) < 4.78 is 10.7. The zero-order chi connectivity index (χ0) is 14.7. The second-order valence-corrected chi connectivity index (χ2v) is 5.71. The Kier molecular flexibility index (Phi) is 4.57. The number of furan rings is 1. The standard InChI is InChI=1S/C15H23N3O3/c16-9-14-8-12(11-21-14)15(19)18-3-1-2-13(18)10-17-4-6-20-7-5-17/h8,11,13H,1-7,9-10,16H2. The van der Waals surface area contributed by atoms with Crippen LogP contribution in [0.1, 0.15) is 29.0 Å². The van der Waals surface area contributed by atoms with E-state index in [0.29, 0.717) is 23.9 Å². The molecule has 0 aliphatic carbocycles. The lowest BCUT2D eigenvalue weighted by Crippen LogP contribution is -2.46. The van der Waals surface area contributed by atoms with Crippen molar-refractivity contribution >= 4 is 5.91 Å². The number of rotatable bonds is 4. The van der Waals surface area contributed by atoms with E-state index in [2.05, 4.69) is 4.90 Å². The third kappa shape index (κ3) is 3.28. The van der Waals surface area contributed by atoms with Crippen molar-refractivity contribution in [3.63, 3.8) is 0 Å². The number of likely N-dealkylation sites (tertiary alicyclic amines) is 1. The molecule has 2 fully saturated rings. The van der Waals surface area contributed by atoms with Crippen molar-refractivity contribution in [2.45, 2.75) is 25.4 Å². The molecule has 1 unspecified atom stereocenters. The monoisotopic (exact) mass is 293 g/mol. The Balaban J connectivity index is 1.63. The number of hydrogen-bond donors (Lipinski definition) is 1. The third-order valence-electron chi connectivity index (χ3n) is 4.31. The predicted octanol–water partition coefficient (Wildman–Crippen LogP) is 0.675. The van der Waals surface area contributed by atoms with Crippen LogP contribution < -0.4 is 5.73 Å². The van der Waals surface area contributed by atoms with E-state index in [-0.39, 0.29) is 5.91 Å². The Bertz CT molecular complexity index is 482. The van der Waals surface area contributed by atoms with Gasteiger partial charge in [0.2, 0.25) is 0 Å². The lowest BCUT2D eigenvalue weighted by atomic mass is 10.2. The number of hydrogen-bond acceptors (Lipinski definition) is 5. The molecule has 3 heterocycles. The first-order valence-electron chi connectivity index (χ1n) is 7.66. The quantitative estimate of drug-likeness (QED) is 0.883. The Hall–Kier alpha value is -1.37. The topological polar surface area (TPSA) is 71.9 Å². The summed E-state index contributed by atoms with van der Waals surface area (Å²) in [6, 6.07) is 2.05. The molecule has 3 rings (SSSR count). The SMILES string of the molecule is NCc1cc(C(=O)N2CCCC2CN2CCOCC2)co1. The second-order valence-electron chi connectivity index (χ2n) is 5.71. The molecule has 6 nitrogen and oxygen atoms in total. The van der Waals surface area contributed by atoms with Crippen LogP contribution in [0, 0.1) is 0 Å². The molecule has 21 heavy (non-hydrogen) atoms. The summed E-state index contributed by atoms with van der Waals surface area (Å²) in [5.74, 6) is 0.719. The summed E-state index contributed by atoms with van der Waals surface area (Å²) in [4.78, 5) is 17.0. The molecular formula is C15H23N3O3. The van der Waals surface area contributed by atoms with Gasteiger partial charge in [0.1, 0.15) is 12.0 Å². The Labute approximate surface area is 124 Å². The third-order valence-corrected chi connectivity index (χ3v) is 4.31. The fourth-order valence-corrected chi connectivity index (χ4v) is 3.14. The second kappa shape index (κ2) is 6.60. The smallest absolute Gasteiger partial charge is 0.257 e. The number of amides is 1. The first-order valence-corrected chi connectivity index (χ1v) is 7.66. The molecule has 6 heteroatoms. The highest BCUT2D eigenvalue weighted by molar-refractivity contribution is 5.94. The molecule has 2 N–H and O–H groups in total. The van der Waals surface area contributed by atoms with Gasteiger partial charge in [-0.25, -0.2) is 0 Å². The van der Waals surface area contributed by atoms with Crippen molar-refractivity contribution in [2.75, 3.05) is 39.4 Å². The largest absolute Gasteiger partial charge is 0.467 e. The lowest BCUT2D eigenvalue weighted by Gasteiger charge is -2.32. The number of carbonyl (C=O) groups excluding carboxylic acids is 1. The van der Waals surface area contributed by atoms with Gasteiger partial charge in [0.15, 0.2) is 0 Å². The van der Waals surface area contributed by atoms with E-state index >= 15 is 0 Å². The van der Waals surface area contributed by atoms with Gasteiger partial charge in [-0.15, -0.1) is 0 Å². The number of ether oxygens (including phenoxy) is 1. The molecule has 1 aromatic heterocycles. The van der Waals surface area contributed by atoms with Crippen molar-refractivity contribution in [3.05, 3.63) is 23.7 Å². The molecule has 116 valence electrons. The highest BCUT2D eigenvalue weighted by Gasteiger charge is 2.31. The van der Waals surface area contributed by atoms with Crippen LogP contribution in [-0.2, 0) is 11.3 Å². The highest BCUT2D eigenvalue weighted by atomic mass is 16.5. The molecule has 0 saturated carbocycles. The summed E-state index contributed by atoms with van der Waals surface area (Å²) in [5, 5.41) is 0. The summed E-state index contributed by atoms with van der Waals surface area (Å²) in [6.45, 7) is 5.60. The van der Waals surface area contributed by atoms with Crippen LogP contribution >= 0.6 is 0 Å². The van der Waals surface area contributed by atoms with Gasteiger partial charge < -0.3 is 19.8 Å². The lowest BCUT2D eigenvalue weighted by molar-refractivity contribution is 0.0261. The number of nitrogens with two attached hydrogens (primary N) is 1. The number of morpholine rings is 1. The molecule has 2 saturated heterocycles. The average Bonchev–Trinajstić information content (AvgIpc) is 3.16. The van der Waals surface area contributed by atoms with Crippen molar-refractivity contribution in [1.29, 1.82) is 0 Å². The van der Waals surface area contributed by atoms with Crippen LogP contribution in [0.25, 0.3) is 0 Å². The van der Waals surface area contributed by atoms with Gasteiger partial charge in [-0.1, -0.05) is 0 Å². The Morgan fingerprint density at radius 2 is 2.14 bits per heavy atom. The molecule has 0 aromatic carbocycles. The Morgan fingerprint density at radius 1 is 1.33 bits per heavy atom. The minimum Gasteiger partial charge on any atom is -0.467 e. The van der Waals surface area contributed by atoms with E-state index in [1.807, 2.05) is 4.90 Å². The average molecular weight is 293 g/mol. The van der Waals surface area contributed by atoms with Crippen LogP contribution in [0.4, 0.5) is 0 Å². The summed E-state index contributed by atoms with van der Waals surface area (Å²) >= 11 is 0. The number of nitrogens with zero attached hydrogens (tertiary/aromatic N) is 2. The van der Waals surface area contributed by atoms with Gasteiger partial charge in [-0.3, -0.25) is 9.69 Å². The first kappa shape index (κ1) is 14.6. The van der Waals surface area contributed by atoms with Gasteiger partial charge in [-0.2, -0.15) is 0 Å². The minimum absolute atomic E-state index is 0.0641. The minimum atomic E-state index is 0.0641. The van der Waals surface area contributed by atoms with Crippen molar-refractivity contribution in [1.82, 2.24) is 9.80 Å². The van der Waals surface area contributed by atoms with Crippen LogP contribution in [-0.4, -0.2) is 61.1 Å². The van der Waals surface area contributed by atoms with Gasteiger partial charge in [0.05, 0.1) is 25.3 Å². The van der Waals surface area contributed by atoms with Gasteiger partial charge in [0.25, 0.3) is 5.91 Å². The molecule has 0 spiro atoms. The maximum Gasteiger partial charge on any atom is 0.257 e. The van der Waals surface area contributed by atoms with Crippen molar-refractivity contribution in [2.24, 2.45) is 5.73 Å².